The Kier molecular flexibility index (Phi) is 66.5. The Morgan fingerprint density at radius 1 is 0.389 bits per heavy atom. The van der Waals surface area contributed by atoms with Gasteiger partial charge in [0.25, 0.3) is 0 Å². The highest BCUT2D eigenvalue weighted by Gasteiger charge is 2.28. The van der Waals surface area contributed by atoms with Crippen LogP contribution in [0.25, 0.3) is 0 Å². The SMILES string of the molecule is CC/C=C\C/C=C\C/C=C\C/C=C\C/C=C\C/C=C\C/C=C\C/C=C\C/C=C\C/C=C\C/C=C\CCCCCC(=O)NC(COP(=O)(O)OCC[N+](C)(C)C)C(O)/C=C/CC/C=C/CCCCCCCCCCCCCCCCCCCCCCCCCCC. The van der Waals surface area contributed by atoms with Crippen LogP contribution in [0.5, 0.6) is 0 Å². The van der Waals surface area contributed by atoms with E-state index in [1.807, 2.05) is 27.2 Å². The number of carbonyl (C=O) groups excluding carboxylic acids is 1. The van der Waals surface area contributed by atoms with E-state index < -0.39 is 20.0 Å². The smallest absolute Gasteiger partial charge is 0.387 e. The summed E-state index contributed by atoms with van der Waals surface area (Å²) >= 11 is 0. The van der Waals surface area contributed by atoms with E-state index in [0.29, 0.717) is 23.9 Å². The molecule has 3 N–H and O–H groups in total. The first-order valence-corrected chi connectivity index (χ1v) is 38.4. The van der Waals surface area contributed by atoms with Crippen LogP contribution >= 0.6 is 7.82 Å². The van der Waals surface area contributed by atoms with Crippen molar-refractivity contribution in [2.75, 3.05) is 40.9 Å². The monoisotopic (exact) mass is 1270 g/mol. The van der Waals surface area contributed by atoms with Crippen LogP contribution in [0.2, 0.25) is 0 Å². The molecule has 0 spiro atoms. The second kappa shape index (κ2) is 69.5. The van der Waals surface area contributed by atoms with Gasteiger partial charge in [-0.15, -0.1) is 0 Å². The van der Waals surface area contributed by atoms with Gasteiger partial charge >= 0.3 is 7.82 Å². The molecule has 0 aromatic carbocycles. The van der Waals surface area contributed by atoms with Crippen molar-refractivity contribution in [2.45, 2.75) is 309 Å². The molecule has 0 saturated heterocycles. The summed E-state index contributed by atoms with van der Waals surface area (Å²) in [6.45, 7) is 4.67. The molecule has 90 heavy (non-hydrogen) atoms. The molecule has 0 aliphatic heterocycles. The van der Waals surface area contributed by atoms with Crippen LogP contribution in [0, 0.1) is 0 Å². The number of rotatable bonds is 66. The quantitative estimate of drug-likeness (QED) is 0.0243. The molecular formula is C81H140N2O6P+. The normalized spacial score (nSPS) is 14.5. The molecule has 0 fully saturated rings. The fourth-order valence-corrected chi connectivity index (χ4v) is 10.8. The number of aliphatic hydroxyl groups is 1. The Balaban J connectivity index is 4.23. The third-order valence-electron chi connectivity index (χ3n) is 15.7. The molecule has 8 nitrogen and oxygen atoms in total. The van der Waals surface area contributed by atoms with Crippen molar-refractivity contribution in [1.29, 1.82) is 0 Å². The average Bonchev–Trinajstić information content (AvgIpc) is 3.18. The van der Waals surface area contributed by atoms with Crippen LogP contribution in [-0.2, 0) is 18.4 Å². The number of aliphatic hydroxyl groups excluding tert-OH is 1. The number of nitrogens with one attached hydrogen (secondary N) is 1. The van der Waals surface area contributed by atoms with Crippen molar-refractivity contribution >= 4 is 13.7 Å². The summed E-state index contributed by atoms with van der Waals surface area (Å²) in [6.07, 6.45) is 108. The van der Waals surface area contributed by atoms with Crippen LogP contribution in [-0.4, -0.2) is 73.4 Å². The van der Waals surface area contributed by atoms with Gasteiger partial charge in [0.1, 0.15) is 13.2 Å². The van der Waals surface area contributed by atoms with Gasteiger partial charge in [-0.2, -0.15) is 0 Å². The van der Waals surface area contributed by atoms with Gasteiger partial charge in [0, 0.05) is 6.42 Å². The summed E-state index contributed by atoms with van der Waals surface area (Å²) in [5.41, 5.74) is 0. The van der Waals surface area contributed by atoms with Gasteiger partial charge in [-0.05, 0) is 116 Å². The van der Waals surface area contributed by atoms with Gasteiger partial charge in [0.2, 0.25) is 5.91 Å². The molecule has 0 aliphatic carbocycles. The van der Waals surface area contributed by atoms with Crippen LogP contribution in [0.3, 0.4) is 0 Å². The van der Waals surface area contributed by atoms with Crippen LogP contribution in [0.1, 0.15) is 296 Å². The highest BCUT2D eigenvalue weighted by atomic mass is 31.2. The number of phosphoric acid groups is 1. The molecule has 0 aromatic rings. The number of hydrogen-bond acceptors (Lipinski definition) is 5. The van der Waals surface area contributed by atoms with E-state index >= 15 is 0 Å². The van der Waals surface area contributed by atoms with Gasteiger partial charge in [0.15, 0.2) is 0 Å². The van der Waals surface area contributed by atoms with E-state index in [4.69, 9.17) is 9.05 Å². The Morgan fingerprint density at radius 3 is 1.02 bits per heavy atom. The maximum atomic E-state index is 13.0. The predicted octanol–water partition coefficient (Wildman–Crippen LogP) is 24.1. The maximum Gasteiger partial charge on any atom is 0.472 e. The fourth-order valence-electron chi connectivity index (χ4n) is 10.1. The van der Waals surface area contributed by atoms with Crippen molar-refractivity contribution < 1.29 is 32.9 Å². The van der Waals surface area contributed by atoms with Gasteiger partial charge in [-0.25, -0.2) is 4.57 Å². The number of amides is 1. The maximum absolute atomic E-state index is 13.0. The van der Waals surface area contributed by atoms with Gasteiger partial charge in [-0.1, -0.05) is 332 Å². The molecule has 9 heteroatoms. The van der Waals surface area contributed by atoms with E-state index in [0.717, 1.165) is 109 Å². The number of allylic oxidation sites excluding steroid dienone is 25. The lowest BCUT2D eigenvalue weighted by Gasteiger charge is -2.25. The third kappa shape index (κ3) is 71.6. The van der Waals surface area contributed by atoms with Crippen LogP contribution < -0.4 is 5.32 Å². The Bertz CT molecular complexity index is 2030. The topological polar surface area (TPSA) is 105 Å². The summed E-state index contributed by atoms with van der Waals surface area (Å²) < 4.78 is 23.8. The average molecular weight is 1270 g/mol. The summed E-state index contributed by atoms with van der Waals surface area (Å²) in [4.78, 5) is 23.4. The van der Waals surface area contributed by atoms with Gasteiger partial charge < -0.3 is 19.8 Å². The zero-order chi connectivity index (χ0) is 65.5. The molecule has 0 saturated carbocycles. The molecule has 514 valence electrons. The van der Waals surface area contributed by atoms with E-state index in [-0.39, 0.29) is 19.1 Å². The number of quaternary nitrogens is 1. The minimum atomic E-state index is -4.39. The highest BCUT2D eigenvalue weighted by molar-refractivity contribution is 7.47. The first kappa shape index (κ1) is 86.1. The second-order valence-electron chi connectivity index (χ2n) is 25.6. The number of hydrogen-bond donors (Lipinski definition) is 3. The number of unbranched alkanes of at least 4 members (excludes halogenated alkanes) is 29. The number of nitrogens with zero attached hydrogens (tertiary/aromatic N) is 1. The van der Waals surface area contributed by atoms with Crippen LogP contribution in [0.15, 0.2) is 158 Å². The summed E-state index contributed by atoms with van der Waals surface area (Å²) in [6, 6.07) is -0.896. The van der Waals surface area contributed by atoms with Crippen molar-refractivity contribution in [2.24, 2.45) is 0 Å². The van der Waals surface area contributed by atoms with Crippen molar-refractivity contribution in [3.8, 4) is 0 Å². The number of likely N-dealkylation sites (N-methyl/N-ethyl adjacent to an activating group) is 1. The third-order valence-corrected chi connectivity index (χ3v) is 16.7. The molecule has 0 bridgehead atoms. The van der Waals surface area contributed by atoms with Gasteiger partial charge in [0.05, 0.1) is 39.9 Å². The van der Waals surface area contributed by atoms with E-state index in [2.05, 4.69) is 165 Å². The summed E-state index contributed by atoms with van der Waals surface area (Å²) in [7, 11) is 1.51. The minimum Gasteiger partial charge on any atom is -0.387 e. The minimum absolute atomic E-state index is 0.0409. The molecule has 1 amide bonds. The highest BCUT2D eigenvalue weighted by Crippen LogP contribution is 2.43. The second-order valence-corrected chi connectivity index (χ2v) is 27.0. The van der Waals surface area contributed by atoms with Gasteiger partial charge in [-0.3, -0.25) is 13.8 Å². The van der Waals surface area contributed by atoms with Crippen molar-refractivity contribution in [3.63, 3.8) is 0 Å². The molecular weight excluding hydrogens is 1130 g/mol. The summed E-state index contributed by atoms with van der Waals surface area (Å²) in [5, 5.41) is 14.0. The molecule has 0 rings (SSSR count). The summed E-state index contributed by atoms with van der Waals surface area (Å²) in [5.74, 6) is -0.222. The Hall–Kier alpha value is -3.88. The predicted molar refractivity (Wildman–Crippen MR) is 396 cm³/mol. The molecule has 3 unspecified atom stereocenters. The van der Waals surface area contributed by atoms with E-state index in [1.165, 1.54) is 161 Å². The van der Waals surface area contributed by atoms with Crippen molar-refractivity contribution in [1.82, 2.24) is 5.32 Å². The van der Waals surface area contributed by atoms with Crippen LogP contribution in [0.4, 0.5) is 0 Å². The molecule has 0 radical (unpaired) electrons. The zero-order valence-electron chi connectivity index (χ0n) is 58.8. The first-order chi connectivity index (χ1) is 44.0. The standard InChI is InChI=1S/C81H139N2O6P/c1-6-8-10-12-14-16-18-20-22-24-26-28-30-32-34-36-38-39-40-41-42-43-45-47-49-51-53-55-57-59-61-63-65-67-69-71-73-75-81(85)82-79(78-89-90(86,87)88-77-76-83(3,4)5)80(84)74-72-70-68-66-64-62-60-58-56-54-52-50-48-46-44-37-35-33-31-29-27-25-23-21-19-17-15-13-11-9-7-2/h8,10,14,16,20,22,26,28,32,34,38-39,41-42,45,47,51,53,57,59,63-66,72,74,79-80,84H,6-7,9,11-13,15,17-19,21,23-25,27,29-31,33,35-37,40,43-44,46,48-50,52,54-56,58,60-62,67-71,73,75-78H2,1-5H3,(H-,82,85,86,87)/p+1/b10-8-,16-14-,22-20-,28-26-,34-32-,39-38-,42-41-,47-45-,53-51-,59-57-,65-63-,66-64+,74-72+. The van der Waals surface area contributed by atoms with E-state index in [9.17, 15) is 19.4 Å². The Morgan fingerprint density at radius 2 is 0.678 bits per heavy atom. The molecule has 0 aliphatic rings. The molecule has 0 heterocycles. The number of carbonyl (C=O) groups is 1. The Labute approximate surface area is 556 Å². The molecule has 3 atom stereocenters. The lowest BCUT2D eigenvalue weighted by atomic mass is 10.0. The fraction of sp³-hybridized carbons (Fsp3) is 0.667. The van der Waals surface area contributed by atoms with Crippen molar-refractivity contribution in [3.05, 3.63) is 158 Å². The van der Waals surface area contributed by atoms with E-state index in [1.54, 1.807) is 6.08 Å². The first-order valence-electron chi connectivity index (χ1n) is 36.9. The lowest BCUT2D eigenvalue weighted by Crippen LogP contribution is -2.45. The lowest BCUT2D eigenvalue weighted by molar-refractivity contribution is -0.870. The largest absolute Gasteiger partial charge is 0.472 e. The molecule has 0 aromatic heterocycles. The number of phosphoric ester groups is 1. The zero-order valence-corrected chi connectivity index (χ0v) is 59.7.